The largest absolute Gasteiger partial charge is 0.469 e. The lowest BCUT2D eigenvalue weighted by Gasteiger charge is -2.22. The Labute approximate surface area is 180 Å². The summed E-state index contributed by atoms with van der Waals surface area (Å²) in [6.07, 6.45) is 8.06. The molecular formula is C21H31Cl2N3O2. The Kier molecular flexibility index (Phi) is 10.6. The second-order valence-corrected chi connectivity index (χ2v) is 7.16. The van der Waals surface area contributed by atoms with Crippen molar-refractivity contribution < 1.29 is 9.53 Å². The van der Waals surface area contributed by atoms with Crippen molar-refractivity contribution in [2.75, 3.05) is 20.2 Å². The molecule has 0 unspecified atom stereocenters. The molecule has 1 N–H and O–H groups in total. The van der Waals surface area contributed by atoms with Gasteiger partial charge in [-0.15, -0.1) is 24.8 Å². The van der Waals surface area contributed by atoms with E-state index in [1.54, 1.807) is 0 Å². The van der Waals surface area contributed by atoms with Gasteiger partial charge in [-0.2, -0.15) is 0 Å². The third kappa shape index (κ3) is 6.80. The SMILES string of the molecule is COC(=O)CCc1ccc(-c2cn(C)c(CCC3CCNCC3)n2)cc1.Cl.Cl. The lowest BCUT2D eigenvalue weighted by Crippen LogP contribution is -2.28. The third-order valence-corrected chi connectivity index (χ3v) is 5.30. The Morgan fingerprint density at radius 1 is 1.18 bits per heavy atom. The van der Waals surface area contributed by atoms with Crippen molar-refractivity contribution in [3.05, 3.63) is 41.9 Å². The Bertz CT molecular complexity index is 726. The molecule has 1 aromatic carbocycles. The van der Waals surface area contributed by atoms with Crippen LogP contribution in [0.3, 0.4) is 0 Å². The fraction of sp³-hybridized carbons (Fsp3) is 0.524. The van der Waals surface area contributed by atoms with Gasteiger partial charge in [-0.25, -0.2) is 4.98 Å². The minimum absolute atomic E-state index is 0. The maximum atomic E-state index is 11.3. The Morgan fingerprint density at radius 2 is 1.86 bits per heavy atom. The van der Waals surface area contributed by atoms with E-state index in [-0.39, 0.29) is 30.8 Å². The van der Waals surface area contributed by atoms with Gasteiger partial charge < -0.3 is 14.6 Å². The normalized spacial score (nSPS) is 14.1. The van der Waals surface area contributed by atoms with Crippen LogP contribution in [0.1, 0.15) is 37.1 Å². The first-order valence-electron chi connectivity index (χ1n) is 9.55. The highest BCUT2D eigenvalue weighted by Crippen LogP contribution is 2.22. The predicted octanol–water partition coefficient (Wildman–Crippen LogP) is 3.97. The summed E-state index contributed by atoms with van der Waals surface area (Å²) in [5, 5.41) is 3.43. The van der Waals surface area contributed by atoms with Gasteiger partial charge in [-0.3, -0.25) is 4.79 Å². The molecule has 0 saturated carbocycles. The molecule has 1 fully saturated rings. The van der Waals surface area contributed by atoms with E-state index in [4.69, 9.17) is 9.72 Å². The second-order valence-electron chi connectivity index (χ2n) is 7.16. The van der Waals surface area contributed by atoms with Gasteiger partial charge in [0.25, 0.3) is 0 Å². The molecule has 1 saturated heterocycles. The van der Waals surface area contributed by atoms with Gasteiger partial charge in [-0.1, -0.05) is 24.3 Å². The number of piperidine rings is 1. The van der Waals surface area contributed by atoms with Crippen LogP contribution in [0.15, 0.2) is 30.5 Å². The van der Waals surface area contributed by atoms with Crippen LogP contribution in [0.5, 0.6) is 0 Å². The maximum absolute atomic E-state index is 11.3. The van der Waals surface area contributed by atoms with Crippen molar-refractivity contribution >= 4 is 30.8 Å². The minimum atomic E-state index is -0.169. The van der Waals surface area contributed by atoms with Crippen molar-refractivity contribution in [3.63, 3.8) is 0 Å². The summed E-state index contributed by atoms with van der Waals surface area (Å²) in [7, 11) is 3.51. The van der Waals surface area contributed by atoms with Crippen LogP contribution >= 0.6 is 24.8 Å². The van der Waals surface area contributed by atoms with Crippen molar-refractivity contribution in [2.24, 2.45) is 13.0 Å². The van der Waals surface area contributed by atoms with Gasteiger partial charge in [-0.05, 0) is 50.3 Å². The quantitative estimate of drug-likeness (QED) is 0.679. The zero-order valence-corrected chi connectivity index (χ0v) is 18.3. The number of hydrogen-bond donors (Lipinski definition) is 1. The number of ether oxygens (including phenoxy) is 1. The van der Waals surface area contributed by atoms with Gasteiger partial charge in [0.05, 0.1) is 12.8 Å². The average Bonchev–Trinajstić information content (AvgIpc) is 3.06. The van der Waals surface area contributed by atoms with E-state index in [1.165, 1.54) is 26.4 Å². The Balaban J connectivity index is 0.00000196. The molecule has 0 aliphatic carbocycles. The molecule has 5 nitrogen and oxygen atoms in total. The molecule has 7 heteroatoms. The standard InChI is InChI=1S/C21H29N3O2.2ClH/c1-24-15-19(23-20(24)9-5-17-11-13-22-14-12-17)18-7-3-16(4-8-18)6-10-21(25)26-2;;/h3-4,7-8,15,17,22H,5-6,9-14H2,1-2H3;2*1H. The third-order valence-electron chi connectivity index (χ3n) is 5.30. The molecular weight excluding hydrogens is 397 g/mol. The summed E-state index contributed by atoms with van der Waals surface area (Å²) in [4.78, 5) is 16.1. The highest BCUT2D eigenvalue weighted by molar-refractivity contribution is 5.85. The number of imidazole rings is 1. The number of aromatic nitrogens is 2. The number of carbonyl (C=O) groups excluding carboxylic acids is 1. The van der Waals surface area contributed by atoms with Crippen LogP contribution in [0.2, 0.25) is 0 Å². The molecule has 0 amide bonds. The smallest absolute Gasteiger partial charge is 0.305 e. The number of nitrogens with one attached hydrogen (secondary N) is 1. The van der Waals surface area contributed by atoms with E-state index in [0.717, 1.165) is 48.1 Å². The fourth-order valence-corrected chi connectivity index (χ4v) is 3.57. The summed E-state index contributed by atoms with van der Waals surface area (Å²) < 4.78 is 6.85. The molecule has 0 bridgehead atoms. The molecule has 1 aromatic heterocycles. The number of halogens is 2. The number of methoxy groups -OCH3 is 1. The highest BCUT2D eigenvalue weighted by atomic mass is 35.5. The Hall–Kier alpha value is -1.56. The van der Waals surface area contributed by atoms with Crippen LogP contribution in [0.25, 0.3) is 11.3 Å². The Morgan fingerprint density at radius 3 is 2.50 bits per heavy atom. The summed E-state index contributed by atoms with van der Waals surface area (Å²) in [6, 6.07) is 8.32. The second kappa shape index (κ2) is 12.1. The first-order chi connectivity index (χ1) is 12.7. The van der Waals surface area contributed by atoms with E-state index in [0.29, 0.717) is 12.8 Å². The molecule has 1 aliphatic heterocycles. The van der Waals surface area contributed by atoms with E-state index in [1.807, 2.05) is 0 Å². The summed E-state index contributed by atoms with van der Waals surface area (Å²) >= 11 is 0. The molecule has 3 rings (SSSR count). The van der Waals surface area contributed by atoms with E-state index >= 15 is 0 Å². The number of rotatable bonds is 7. The molecule has 0 atom stereocenters. The molecule has 28 heavy (non-hydrogen) atoms. The number of benzene rings is 1. The molecule has 1 aliphatic rings. The van der Waals surface area contributed by atoms with Crippen molar-refractivity contribution in [2.45, 2.75) is 38.5 Å². The lowest BCUT2D eigenvalue weighted by atomic mass is 9.93. The van der Waals surface area contributed by atoms with Crippen molar-refractivity contribution in [3.8, 4) is 11.3 Å². The monoisotopic (exact) mass is 427 g/mol. The zero-order chi connectivity index (χ0) is 18.4. The average molecular weight is 428 g/mol. The number of hydrogen-bond acceptors (Lipinski definition) is 4. The van der Waals surface area contributed by atoms with E-state index in [2.05, 4.69) is 47.4 Å². The minimum Gasteiger partial charge on any atom is -0.469 e. The number of aryl methyl sites for hydroxylation is 3. The van der Waals surface area contributed by atoms with E-state index in [9.17, 15) is 4.79 Å². The first-order valence-corrected chi connectivity index (χ1v) is 9.55. The summed E-state index contributed by atoms with van der Waals surface area (Å²) in [5.74, 6) is 1.82. The van der Waals surface area contributed by atoms with Crippen molar-refractivity contribution in [1.29, 1.82) is 0 Å². The van der Waals surface area contributed by atoms with Crippen LogP contribution in [0, 0.1) is 5.92 Å². The van der Waals surface area contributed by atoms with Gasteiger partial charge in [0.2, 0.25) is 0 Å². The molecule has 0 spiro atoms. The molecule has 2 heterocycles. The zero-order valence-electron chi connectivity index (χ0n) is 16.6. The predicted molar refractivity (Wildman–Crippen MR) is 117 cm³/mol. The number of carbonyl (C=O) groups is 1. The first kappa shape index (κ1) is 24.5. The van der Waals surface area contributed by atoms with Gasteiger partial charge in [0, 0.05) is 31.6 Å². The van der Waals surface area contributed by atoms with E-state index < -0.39 is 0 Å². The summed E-state index contributed by atoms with van der Waals surface area (Å²) in [6.45, 7) is 2.30. The van der Waals surface area contributed by atoms with Gasteiger partial charge in [0.15, 0.2) is 0 Å². The molecule has 2 aromatic rings. The maximum Gasteiger partial charge on any atom is 0.305 e. The van der Waals surface area contributed by atoms with Gasteiger partial charge >= 0.3 is 5.97 Å². The number of nitrogens with zero attached hydrogens (tertiary/aromatic N) is 2. The fourth-order valence-electron chi connectivity index (χ4n) is 3.57. The van der Waals surface area contributed by atoms with Crippen molar-refractivity contribution in [1.82, 2.24) is 14.9 Å². The van der Waals surface area contributed by atoms with Crippen LogP contribution in [-0.4, -0.2) is 35.7 Å². The van der Waals surface area contributed by atoms with Crippen LogP contribution in [-0.2, 0) is 29.4 Å². The van der Waals surface area contributed by atoms with Gasteiger partial charge in [0.1, 0.15) is 5.82 Å². The summed E-state index contributed by atoms with van der Waals surface area (Å²) in [5.41, 5.74) is 3.28. The van der Waals surface area contributed by atoms with Crippen LogP contribution in [0.4, 0.5) is 0 Å². The number of esters is 1. The van der Waals surface area contributed by atoms with Crippen LogP contribution < -0.4 is 5.32 Å². The lowest BCUT2D eigenvalue weighted by molar-refractivity contribution is -0.140. The highest BCUT2D eigenvalue weighted by Gasteiger charge is 2.15. The molecule has 156 valence electrons. The molecule has 0 radical (unpaired) electrons. The topological polar surface area (TPSA) is 56.1 Å².